The minimum Gasteiger partial charge on any atom is -0.389 e. The average molecular weight is 290 g/mol. The van der Waals surface area contributed by atoms with Crippen LogP contribution in [0.4, 0.5) is 13.2 Å². The van der Waals surface area contributed by atoms with E-state index in [0.29, 0.717) is 18.5 Å². The number of hydrogen-bond acceptors (Lipinski definition) is 2. The van der Waals surface area contributed by atoms with Gasteiger partial charge in [-0.3, -0.25) is 4.68 Å². The highest BCUT2D eigenvalue weighted by Crippen LogP contribution is 2.42. The lowest BCUT2D eigenvalue weighted by molar-refractivity contribution is -0.200. The van der Waals surface area contributed by atoms with Gasteiger partial charge in [-0.2, -0.15) is 18.3 Å². The summed E-state index contributed by atoms with van der Waals surface area (Å²) in [6.07, 6.45) is -1.50. The van der Waals surface area contributed by atoms with Crippen LogP contribution in [0.5, 0.6) is 0 Å². The van der Waals surface area contributed by atoms with E-state index in [2.05, 4.69) is 5.10 Å². The molecule has 1 aromatic heterocycles. The molecule has 2 unspecified atom stereocenters. The molecule has 0 bridgehead atoms. The van der Waals surface area contributed by atoms with E-state index in [9.17, 15) is 18.3 Å². The minimum atomic E-state index is -4.22. The zero-order valence-electron chi connectivity index (χ0n) is 11.8. The maximum absolute atomic E-state index is 12.8. The Hall–Kier alpha value is -1.04. The number of nitrogens with zero attached hydrogens (tertiary/aromatic N) is 2. The van der Waals surface area contributed by atoms with Gasteiger partial charge in [-0.15, -0.1) is 0 Å². The van der Waals surface area contributed by atoms with Crippen molar-refractivity contribution in [1.29, 1.82) is 0 Å². The molecule has 0 aliphatic heterocycles. The van der Waals surface area contributed by atoms with Crippen LogP contribution in [0.3, 0.4) is 0 Å². The fraction of sp³-hybridized carbons (Fsp3) is 0.786. The predicted molar refractivity (Wildman–Crippen MR) is 69.3 cm³/mol. The van der Waals surface area contributed by atoms with Gasteiger partial charge in [0.1, 0.15) is 0 Å². The number of alkyl halides is 3. The van der Waals surface area contributed by atoms with Crippen molar-refractivity contribution in [3.8, 4) is 0 Å². The normalized spacial score (nSPS) is 28.1. The molecular formula is C14H21F3N2O. The third kappa shape index (κ3) is 3.53. The van der Waals surface area contributed by atoms with Crippen molar-refractivity contribution in [3.63, 3.8) is 0 Å². The highest BCUT2D eigenvalue weighted by atomic mass is 19.4. The summed E-state index contributed by atoms with van der Waals surface area (Å²) in [4.78, 5) is 0. The quantitative estimate of drug-likeness (QED) is 0.925. The molecule has 1 fully saturated rings. The van der Waals surface area contributed by atoms with Gasteiger partial charge in [-0.25, -0.2) is 0 Å². The molecule has 1 heterocycles. The van der Waals surface area contributed by atoms with Gasteiger partial charge in [0.2, 0.25) is 0 Å². The molecule has 1 saturated carbocycles. The van der Waals surface area contributed by atoms with Crippen LogP contribution in [0.2, 0.25) is 0 Å². The Bertz CT molecular complexity index is 456. The first-order valence-electron chi connectivity index (χ1n) is 7.03. The third-order valence-corrected chi connectivity index (χ3v) is 3.99. The first-order chi connectivity index (χ1) is 9.20. The van der Waals surface area contributed by atoms with Crippen LogP contribution < -0.4 is 0 Å². The van der Waals surface area contributed by atoms with Crippen LogP contribution in [0.15, 0.2) is 12.3 Å². The van der Waals surface area contributed by atoms with Crippen LogP contribution in [0, 0.1) is 5.92 Å². The van der Waals surface area contributed by atoms with E-state index in [1.54, 1.807) is 16.9 Å². The molecule has 20 heavy (non-hydrogen) atoms. The van der Waals surface area contributed by atoms with Crippen molar-refractivity contribution in [1.82, 2.24) is 9.78 Å². The lowest BCUT2D eigenvalue weighted by Gasteiger charge is -2.37. The Morgan fingerprint density at radius 3 is 2.75 bits per heavy atom. The zero-order chi connectivity index (χ0) is 15.0. The van der Waals surface area contributed by atoms with Crippen molar-refractivity contribution in [2.45, 2.75) is 63.8 Å². The molecule has 0 amide bonds. The van der Waals surface area contributed by atoms with Gasteiger partial charge in [-0.1, -0.05) is 0 Å². The first-order valence-corrected chi connectivity index (χ1v) is 7.03. The number of aromatic nitrogens is 2. The molecule has 3 nitrogen and oxygen atoms in total. The van der Waals surface area contributed by atoms with E-state index < -0.39 is 17.7 Å². The highest BCUT2D eigenvalue weighted by molar-refractivity contribution is 5.06. The number of halogens is 3. The Balaban J connectivity index is 2.06. The van der Waals surface area contributed by atoms with Crippen LogP contribution >= 0.6 is 0 Å². The van der Waals surface area contributed by atoms with Crippen molar-refractivity contribution in [2.75, 3.05) is 0 Å². The van der Waals surface area contributed by atoms with E-state index in [4.69, 9.17) is 0 Å². The van der Waals surface area contributed by atoms with Crippen molar-refractivity contribution >= 4 is 0 Å². The summed E-state index contributed by atoms with van der Waals surface area (Å²) in [5.74, 6) is -1.39. The molecule has 6 heteroatoms. The maximum Gasteiger partial charge on any atom is 0.391 e. The second-order valence-electron chi connectivity index (χ2n) is 6.12. The molecule has 114 valence electrons. The molecule has 0 spiro atoms. The lowest BCUT2D eigenvalue weighted by atomic mass is 9.75. The Morgan fingerprint density at radius 2 is 2.20 bits per heavy atom. The monoisotopic (exact) mass is 290 g/mol. The summed E-state index contributed by atoms with van der Waals surface area (Å²) in [7, 11) is 0. The second-order valence-corrected chi connectivity index (χ2v) is 6.12. The van der Waals surface area contributed by atoms with Crippen LogP contribution in [-0.4, -0.2) is 26.7 Å². The summed E-state index contributed by atoms with van der Waals surface area (Å²) in [5, 5.41) is 14.8. The summed E-state index contributed by atoms with van der Waals surface area (Å²) < 4.78 is 40.2. The van der Waals surface area contributed by atoms with Gasteiger partial charge in [0.15, 0.2) is 0 Å². The van der Waals surface area contributed by atoms with Gasteiger partial charge in [0, 0.05) is 18.7 Å². The predicted octanol–water partition coefficient (Wildman–Crippen LogP) is 3.49. The molecule has 2 atom stereocenters. The first kappa shape index (κ1) is 15.4. The molecule has 2 rings (SSSR count). The van der Waals surface area contributed by atoms with Gasteiger partial charge >= 0.3 is 6.18 Å². The standard InChI is InChI=1S/C14H21F3N2O/c1-10(2)19-7-5-12(18-19)9-13(20)6-3-4-11(8-13)14(15,16)17/h5,7,10-11,20H,3-4,6,8-9H2,1-2H3. The summed E-state index contributed by atoms with van der Waals surface area (Å²) in [5.41, 5.74) is -0.627. The van der Waals surface area contributed by atoms with Gasteiger partial charge < -0.3 is 5.11 Å². The maximum atomic E-state index is 12.8. The van der Waals surface area contributed by atoms with Gasteiger partial charge in [0.25, 0.3) is 0 Å². The topological polar surface area (TPSA) is 38.0 Å². The molecule has 1 aliphatic carbocycles. The van der Waals surface area contributed by atoms with Crippen LogP contribution in [-0.2, 0) is 6.42 Å². The Kier molecular flexibility index (Phi) is 4.14. The highest BCUT2D eigenvalue weighted by Gasteiger charge is 2.47. The Morgan fingerprint density at radius 1 is 1.50 bits per heavy atom. The number of hydrogen-bond donors (Lipinski definition) is 1. The van der Waals surface area contributed by atoms with Crippen molar-refractivity contribution in [2.24, 2.45) is 5.92 Å². The summed E-state index contributed by atoms with van der Waals surface area (Å²) in [6, 6.07) is 1.97. The fourth-order valence-electron chi connectivity index (χ4n) is 2.88. The van der Waals surface area contributed by atoms with E-state index in [1.165, 1.54) is 0 Å². The smallest absolute Gasteiger partial charge is 0.389 e. The second kappa shape index (κ2) is 5.39. The average Bonchev–Trinajstić information content (AvgIpc) is 2.75. The SMILES string of the molecule is CC(C)n1ccc(CC2(O)CCCC(C(F)(F)F)C2)n1. The minimum absolute atomic E-state index is 0.117. The molecular weight excluding hydrogens is 269 g/mol. The largest absolute Gasteiger partial charge is 0.391 e. The lowest BCUT2D eigenvalue weighted by Crippen LogP contribution is -2.42. The molecule has 0 saturated heterocycles. The van der Waals surface area contributed by atoms with E-state index in [-0.39, 0.29) is 25.3 Å². The van der Waals surface area contributed by atoms with Crippen LogP contribution in [0.25, 0.3) is 0 Å². The van der Waals surface area contributed by atoms with E-state index in [1.807, 2.05) is 13.8 Å². The van der Waals surface area contributed by atoms with Crippen molar-refractivity contribution in [3.05, 3.63) is 18.0 Å². The zero-order valence-corrected chi connectivity index (χ0v) is 11.8. The van der Waals surface area contributed by atoms with E-state index >= 15 is 0 Å². The molecule has 0 aromatic carbocycles. The summed E-state index contributed by atoms with van der Waals surface area (Å²) in [6.45, 7) is 3.96. The fourth-order valence-corrected chi connectivity index (χ4v) is 2.88. The molecule has 0 radical (unpaired) electrons. The summed E-state index contributed by atoms with van der Waals surface area (Å²) >= 11 is 0. The van der Waals surface area contributed by atoms with Crippen LogP contribution in [0.1, 0.15) is 51.3 Å². The Labute approximate surface area is 116 Å². The molecule has 1 aliphatic rings. The number of aliphatic hydroxyl groups is 1. The molecule has 1 aromatic rings. The van der Waals surface area contributed by atoms with Crippen molar-refractivity contribution < 1.29 is 18.3 Å². The third-order valence-electron chi connectivity index (χ3n) is 3.99. The van der Waals surface area contributed by atoms with E-state index in [0.717, 1.165) is 0 Å². The number of rotatable bonds is 3. The molecule has 1 N–H and O–H groups in total. The van der Waals surface area contributed by atoms with Gasteiger partial charge in [-0.05, 0) is 45.6 Å². The van der Waals surface area contributed by atoms with Gasteiger partial charge in [0.05, 0.1) is 17.2 Å².